The van der Waals surface area contributed by atoms with Gasteiger partial charge in [0, 0.05) is 28.1 Å². The summed E-state index contributed by atoms with van der Waals surface area (Å²) in [5, 5.41) is 2.76. The lowest BCUT2D eigenvalue weighted by atomic mass is 10.1. The van der Waals surface area contributed by atoms with Crippen LogP contribution in [0.4, 0.5) is 4.39 Å². The number of carbonyl (C=O) groups is 1. The molecule has 0 N–H and O–H groups in total. The first-order valence-electron chi connectivity index (χ1n) is 6.62. The van der Waals surface area contributed by atoms with Crippen LogP contribution >= 0.6 is 22.7 Å². The zero-order valence-electron chi connectivity index (χ0n) is 12.0. The van der Waals surface area contributed by atoms with E-state index in [0.717, 1.165) is 9.88 Å². The van der Waals surface area contributed by atoms with Crippen LogP contribution in [0.25, 0.3) is 17.3 Å². The summed E-state index contributed by atoms with van der Waals surface area (Å²) in [6, 6.07) is 4.41. The van der Waals surface area contributed by atoms with Gasteiger partial charge in [-0.15, -0.1) is 22.7 Å². The molecule has 0 unspecified atom stereocenters. The average molecular weight is 346 g/mol. The second-order valence-corrected chi connectivity index (χ2v) is 6.54. The van der Waals surface area contributed by atoms with Gasteiger partial charge in [0.15, 0.2) is 11.6 Å². The van der Waals surface area contributed by atoms with E-state index in [1.54, 1.807) is 23.8 Å². The van der Waals surface area contributed by atoms with Gasteiger partial charge in [-0.25, -0.2) is 14.2 Å². The predicted octanol–water partition coefficient (Wildman–Crippen LogP) is 4.33. The van der Waals surface area contributed by atoms with Crippen LogP contribution in [0, 0.1) is 12.7 Å². The second kappa shape index (κ2) is 6.80. The normalized spacial score (nSPS) is 11.0. The highest BCUT2D eigenvalue weighted by Crippen LogP contribution is 2.26. The molecule has 0 spiro atoms. The van der Waals surface area contributed by atoms with Gasteiger partial charge in [0.1, 0.15) is 0 Å². The van der Waals surface area contributed by atoms with E-state index in [0.29, 0.717) is 11.3 Å². The Labute approximate surface area is 139 Å². The van der Waals surface area contributed by atoms with Crippen molar-refractivity contribution in [1.29, 1.82) is 0 Å². The first-order valence-corrected chi connectivity index (χ1v) is 8.38. The van der Waals surface area contributed by atoms with Crippen molar-refractivity contribution in [2.24, 2.45) is 0 Å². The minimum Gasteiger partial charge on any atom is -0.420 e. The standard InChI is InChI=1S/C16H11FN2O2S2/c1-10-19-14(8-22-10)11-2-4-15(13(17)6-11)21-16(20)5-3-12-7-18-9-23-12/h2-9H,1H3/b5-3+. The Bertz CT molecular complexity index is 857. The van der Waals surface area contributed by atoms with E-state index in [1.165, 1.54) is 40.9 Å². The quantitative estimate of drug-likeness (QED) is 0.401. The summed E-state index contributed by atoms with van der Waals surface area (Å²) in [5.74, 6) is -1.36. The van der Waals surface area contributed by atoms with Crippen molar-refractivity contribution in [3.05, 3.63) is 57.1 Å². The molecule has 0 bridgehead atoms. The second-order valence-electron chi connectivity index (χ2n) is 4.56. The van der Waals surface area contributed by atoms with Crippen LogP contribution in [0.5, 0.6) is 5.75 Å². The molecule has 0 fully saturated rings. The SMILES string of the molecule is Cc1nc(-c2ccc(OC(=O)/C=C/c3cncs3)c(F)c2)cs1. The molecule has 0 saturated heterocycles. The number of carbonyl (C=O) groups excluding carboxylic acids is 1. The summed E-state index contributed by atoms with van der Waals surface area (Å²) in [5.41, 5.74) is 3.00. The predicted molar refractivity (Wildman–Crippen MR) is 89.0 cm³/mol. The maximum Gasteiger partial charge on any atom is 0.336 e. The molecule has 7 heteroatoms. The first-order chi connectivity index (χ1) is 11.1. The maximum absolute atomic E-state index is 14.1. The molecule has 4 nitrogen and oxygen atoms in total. The number of hydrogen-bond acceptors (Lipinski definition) is 6. The van der Waals surface area contributed by atoms with Crippen molar-refractivity contribution < 1.29 is 13.9 Å². The molecule has 2 aromatic heterocycles. The largest absolute Gasteiger partial charge is 0.420 e. The molecule has 0 amide bonds. The van der Waals surface area contributed by atoms with Crippen molar-refractivity contribution >= 4 is 34.7 Å². The summed E-state index contributed by atoms with van der Waals surface area (Å²) in [4.78, 5) is 20.7. The minimum atomic E-state index is -0.644. The third-order valence-electron chi connectivity index (χ3n) is 2.89. The molecular formula is C16H11FN2O2S2. The first kappa shape index (κ1) is 15.5. The average Bonchev–Trinajstić information content (AvgIpc) is 3.18. The number of esters is 1. The van der Waals surface area contributed by atoms with E-state index in [-0.39, 0.29) is 5.75 Å². The van der Waals surface area contributed by atoms with Crippen LogP contribution in [-0.2, 0) is 4.79 Å². The van der Waals surface area contributed by atoms with E-state index < -0.39 is 11.8 Å². The summed E-state index contributed by atoms with van der Waals surface area (Å²) < 4.78 is 19.1. The van der Waals surface area contributed by atoms with Crippen LogP contribution < -0.4 is 4.74 Å². The Kier molecular flexibility index (Phi) is 4.59. The van der Waals surface area contributed by atoms with E-state index in [1.807, 2.05) is 12.3 Å². The minimum absolute atomic E-state index is 0.111. The molecule has 3 aromatic rings. The van der Waals surface area contributed by atoms with Crippen molar-refractivity contribution in [2.75, 3.05) is 0 Å². The summed E-state index contributed by atoms with van der Waals surface area (Å²) in [6.07, 6.45) is 4.44. The van der Waals surface area contributed by atoms with Crippen LogP contribution in [0.3, 0.4) is 0 Å². The van der Waals surface area contributed by atoms with Crippen molar-refractivity contribution in [3.63, 3.8) is 0 Å². The molecular weight excluding hydrogens is 335 g/mol. The number of rotatable bonds is 4. The number of halogens is 1. The molecule has 0 aliphatic rings. The smallest absolute Gasteiger partial charge is 0.336 e. The fraction of sp³-hybridized carbons (Fsp3) is 0.0625. The fourth-order valence-corrected chi connectivity index (χ4v) is 2.97. The third kappa shape index (κ3) is 3.88. The highest BCUT2D eigenvalue weighted by Gasteiger charge is 2.10. The van der Waals surface area contributed by atoms with Gasteiger partial charge in [-0.05, 0) is 31.2 Å². The highest BCUT2D eigenvalue weighted by atomic mass is 32.1. The lowest BCUT2D eigenvalue weighted by molar-refractivity contribution is -0.129. The molecule has 2 heterocycles. The van der Waals surface area contributed by atoms with Gasteiger partial charge >= 0.3 is 5.97 Å². The van der Waals surface area contributed by atoms with Crippen LogP contribution in [0.2, 0.25) is 0 Å². The molecule has 0 atom stereocenters. The summed E-state index contributed by atoms with van der Waals surface area (Å²) in [7, 11) is 0. The molecule has 3 rings (SSSR count). The molecule has 0 radical (unpaired) electrons. The molecule has 0 aliphatic carbocycles. The molecule has 0 saturated carbocycles. The Morgan fingerprint density at radius 2 is 2.22 bits per heavy atom. The van der Waals surface area contributed by atoms with Crippen LogP contribution in [0.15, 0.2) is 41.4 Å². The van der Waals surface area contributed by atoms with Gasteiger partial charge in [0.05, 0.1) is 16.2 Å². The van der Waals surface area contributed by atoms with E-state index in [9.17, 15) is 9.18 Å². The Morgan fingerprint density at radius 3 is 2.87 bits per heavy atom. The Morgan fingerprint density at radius 1 is 1.35 bits per heavy atom. The number of thiazole rings is 2. The molecule has 116 valence electrons. The van der Waals surface area contributed by atoms with Gasteiger partial charge in [-0.1, -0.05) is 0 Å². The summed E-state index contributed by atoms with van der Waals surface area (Å²) >= 11 is 2.88. The monoisotopic (exact) mass is 346 g/mol. The highest BCUT2D eigenvalue weighted by molar-refractivity contribution is 7.10. The number of aryl methyl sites for hydroxylation is 1. The Balaban J connectivity index is 1.72. The van der Waals surface area contributed by atoms with Gasteiger partial charge in [0.25, 0.3) is 0 Å². The van der Waals surface area contributed by atoms with Crippen molar-refractivity contribution in [2.45, 2.75) is 6.92 Å². The lowest BCUT2D eigenvalue weighted by Crippen LogP contribution is -2.05. The molecule has 23 heavy (non-hydrogen) atoms. The number of ether oxygens (including phenoxy) is 1. The maximum atomic E-state index is 14.1. The Hall–Kier alpha value is -2.38. The lowest BCUT2D eigenvalue weighted by Gasteiger charge is -2.04. The van der Waals surface area contributed by atoms with Crippen molar-refractivity contribution in [1.82, 2.24) is 9.97 Å². The van der Waals surface area contributed by atoms with E-state index in [4.69, 9.17) is 4.74 Å². The zero-order chi connectivity index (χ0) is 16.2. The number of benzene rings is 1. The number of hydrogen-bond donors (Lipinski definition) is 0. The van der Waals surface area contributed by atoms with Crippen LogP contribution in [0.1, 0.15) is 9.88 Å². The van der Waals surface area contributed by atoms with Gasteiger partial charge in [-0.3, -0.25) is 4.98 Å². The topological polar surface area (TPSA) is 52.1 Å². The van der Waals surface area contributed by atoms with Gasteiger partial charge in [0.2, 0.25) is 0 Å². The third-order valence-corrected chi connectivity index (χ3v) is 4.41. The molecule has 1 aromatic carbocycles. The number of nitrogens with zero attached hydrogens (tertiary/aromatic N) is 2. The molecule has 0 aliphatic heterocycles. The summed E-state index contributed by atoms with van der Waals surface area (Å²) in [6.45, 7) is 1.89. The zero-order valence-corrected chi connectivity index (χ0v) is 13.7. The van der Waals surface area contributed by atoms with E-state index >= 15 is 0 Å². The fourth-order valence-electron chi connectivity index (χ4n) is 1.84. The van der Waals surface area contributed by atoms with Gasteiger partial charge < -0.3 is 4.74 Å². The van der Waals surface area contributed by atoms with Gasteiger partial charge in [-0.2, -0.15) is 0 Å². The van der Waals surface area contributed by atoms with E-state index in [2.05, 4.69) is 9.97 Å². The van der Waals surface area contributed by atoms with Crippen LogP contribution in [-0.4, -0.2) is 15.9 Å². The number of aromatic nitrogens is 2. The van der Waals surface area contributed by atoms with Crippen molar-refractivity contribution in [3.8, 4) is 17.0 Å².